The summed E-state index contributed by atoms with van der Waals surface area (Å²) >= 11 is 0. The van der Waals surface area contributed by atoms with Crippen molar-refractivity contribution in [1.82, 2.24) is 10.2 Å². The molecule has 2 aromatic carbocycles. The van der Waals surface area contributed by atoms with Crippen LogP contribution in [-0.4, -0.2) is 36.2 Å². The Morgan fingerprint density at radius 2 is 1.57 bits per heavy atom. The van der Waals surface area contributed by atoms with E-state index in [0.717, 1.165) is 11.1 Å². The van der Waals surface area contributed by atoms with Crippen molar-refractivity contribution >= 4 is 11.7 Å². The van der Waals surface area contributed by atoms with Gasteiger partial charge in [-0.25, -0.2) is 0 Å². The summed E-state index contributed by atoms with van der Waals surface area (Å²) in [7, 11) is 1.91. The lowest BCUT2D eigenvalue weighted by Crippen LogP contribution is -2.45. The number of rotatable bonds is 8. The molecule has 1 N–H and O–H groups in total. The van der Waals surface area contributed by atoms with Crippen LogP contribution in [-0.2, 0) is 28.0 Å². The van der Waals surface area contributed by atoms with Gasteiger partial charge >= 0.3 is 0 Å². The Kier molecular flexibility index (Phi) is 7.53. The average Bonchev–Trinajstić information content (AvgIpc) is 2.61. The Morgan fingerprint density at radius 1 is 0.964 bits per heavy atom. The molecule has 0 spiro atoms. The maximum absolute atomic E-state index is 12.4. The second kappa shape index (κ2) is 9.65. The maximum Gasteiger partial charge on any atom is 0.234 e. The van der Waals surface area contributed by atoms with Crippen molar-refractivity contribution in [3.63, 3.8) is 0 Å². The maximum atomic E-state index is 12.4. The van der Waals surface area contributed by atoms with Gasteiger partial charge in [-0.2, -0.15) is 0 Å². The first-order valence-electron chi connectivity index (χ1n) is 9.77. The topological polar surface area (TPSA) is 49.4 Å². The molecule has 0 aromatic heterocycles. The molecule has 1 unspecified atom stereocenters. The molecule has 0 radical (unpaired) electrons. The lowest BCUT2D eigenvalue weighted by molar-refractivity contribution is -0.127. The number of carbonyl (C=O) groups is 2. The fourth-order valence-corrected chi connectivity index (χ4v) is 3.11. The molecular formula is C24H32N2O2. The third-order valence-corrected chi connectivity index (χ3v) is 4.79. The third kappa shape index (κ3) is 6.93. The van der Waals surface area contributed by atoms with Crippen LogP contribution in [0.2, 0.25) is 0 Å². The highest BCUT2D eigenvalue weighted by Crippen LogP contribution is 2.22. The molecule has 0 aliphatic rings. The fraction of sp³-hybridized carbons (Fsp3) is 0.417. The molecular weight excluding hydrogens is 348 g/mol. The first kappa shape index (κ1) is 21.8. The van der Waals surface area contributed by atoms with Crippen LogP contribution >= 0.6 is 0 Å². The van der Waals surface area contributed by atoms with Gasteiger partial charge in [0.1, 0.15) is 0 Å². The van der Waals surface area contributed by atoms with E-state index in [4.69, 9.17) is 0 Å². The summed E-state index contributed by atoms with van der Waals surface area (Å²) in [5.74, 6) is -0.164. The lowest BCUT2D eigenvalue weighted by atomic mass is 9.87. The van der Waals surface area contributed by atoms with Crippen LogP contribution in [0.1, 0.15) is 44.4 Å². The highest BCUT2D eigenvalue weighted by molar-refractivity contribution is 5.88. The van der Waals surface area contributed by atoms with Crippen molar-refractivity contribution in [3.05, 3.63) is 71.3 Å². The van der Waals surface area contributed by atoms with Gasteiger partial charge in [-0.1, -0.05) is 75.4 Å². The summed E-state index contributed by atoms with van der Waals surface area (Å²) in [6.45, 7) is 9.04. The minimum Gasteiger partial charge on any atom is -0.345 e. The monoisotopic (exact) mass is 380 g/mol. The van der Waals surface area contributed by atoms with Crippen molar-refractivity contribution in [2.24, 2.45) is 0 Å². The van der Waals surface area contributed by atoms with Crippen molar-refractivity contribution in [1.29, 1.82) is 0 Å². The second-order valence-electron chi connectivity index (χ2n) is 8.54. The molecule has 0 aliphatic carbocycles. The van der Waals surface area contributed by atoms with Crippen molar-refractivity contribution in [2.45, 2.75) is 52.1 Å². The van der Waals surface area contributed by atoms with Crippen LogP contribution in [0.4, 0.5) is 0 Å². The van der Waals surface area contributed by atoms with Crippen LogP contribution in [0, 0.1) is 0 Å². The fourth-order valence-electron chi connectivity index (χ4n) is 3.11. The van der Waals surface area contributed by atoms with E-state index in [1.807, 2.05) is 42.3 Å². The Bertz CT molecular complexity index is 777. The van der Waals surface area contributed by atoms with Gasteiger partial charge in [0, 0.05) is 6.54 Å². The van der Waals surface area contributed by atoms with E-state index in [-0.39, 0.29) is 23.7 Å². The Balaban J connectivity index is 1.89. The van der Waals surface area contributed by atoms with Crippen molar-refractivity contribution < 1.29 is 9.59 Å². The molecule has 0 saturated heterocycles. The number of Topliss-reactive ketones (excluding diaryl/α,β-unsaturated/α-hetero) is 1. The number of nitrogens with zero attached hydrogens (tertiary/aromatic N) is 1. The summed E-state index contributed by atoms with van der Waals surface area (Å²) in [5.41, 5.74) is 3.62. The highest BCUT2D eigenvalue weighted by atomic mass is 16.2. The van der Waals surface area contributed by atoms with E-state index >= 15 is 0 Å². The standard InChI is InChI=1S/C24H32N2O2/c1-18(27)22(15-19-9-7-6-8-10-19)25-23(28)17-26(5)16-20-11-13-21(14-12-20)24(2,3)4/h6-14,22H,15-17H2,1-5H3,(H,25,28). The Morgan fingerprint density at radius 3 is 2.11 bits per heavy atom. The van der Waals surface area contributed by atoms with E-state index in [2.05, 4.69) is 50.4 Å². The van der Waals surface area contributed by atoms with Crippen LogP contribution in [0.15, 0.2) is 54.6 Å². The molecule has 150 valence electrons. The van der Waals surface area contributed by atoms with Gasteiger partial charge in [0.2, 0.25) is 5.91 Å². The van der Waals surface area contributed by atoms with Gasteiger partial charge in [-0.15, -0.1) is 0 Å². The van der Waals surface area contributed by atoms with E-state index < -0.39 is 6.04 Å². The normalized spacial score (nSPS) is 12.6. The van der Waals surface area contributed by atoms with Crippen molar-refractivity contribution in [3.8, 4) is 0 Å². The second-order valence-corrected chi connectivity index (χ2v) is 8.54. The predicted octanol–water partition coefficient (Wildman–Crippen LogP) is 3.73. The molecule has 0 fully saturated rings. The van der Waals surface area contributed by atoms with Crippen LogP contribution < -0.4 is 5.32 Å². The largest absolute Gasteiger partial charge is 0.345 e. The highest BCUT2D eigenvalue weighted by Gasteiger charge is 2.19. The number of hydrogen-bond acceptors (Lipinski definition) is 3. The van der Waals surface area contributed by atoms with Gasteiger partial charge in [-0.05, 0) is 42.5 Å². The first-order valence-corrected chi connectivity index (χ1v) is 9.77. The van der Waals surface area contributed by atoms with E-state index in [1.165, 1.54) is 12.5 Å². The first-order chi connectivity index (χ1) is 13.1. The zero-order valence-corrected chi connectivity index (χ0v) is 17.7. The Labute approximate surface area is 169 Å². The molecule has 1 amide bonds. The summed E-state index contributed by atoms with van der Waals surface area (Å²) in [6.07, 6.45) is 0.514. The molecule has 28 heavy (non-hydrogen) atoms. The van der Waals surface area contributed by atoms with Gasteiger partial charge in [0.05, 0.1) is 12.6 Å². The summed E-state index contributed by atoms with van der Waals surface area (Å²) in [4.78, 5) is 26.3. The van der Waals surface area contributed by atoms with Gasteiger partial charge in [0.25, 0.3) is 0 Å². The minimum absolute atomic E-state index is 0.0300. The lowest BCUT2D eigenvalue weighted by Gasteiger charge is -2.21. The SMILES string of the molecule is CC(=O)C(Cc1ccccc1)NC(=O)CN(C)Cc1ccc(C(C)(C)C)cc1. The van der Waals surface area contributed by atoms with Crippen molar-refractivity contribution in [2.75, 3.05) is 13.6 Å². The molecule has 4 heteroatoms. The minimum atomic E-state index is -0.491. The predicted molar refractivity (Wildman–Crippen MR) is 114 cm³/mol. The molecule has 1 atom stereocenters. The smallest absolute Gasteiger partial charge is 0.234 e. The molecule has 0 saturated carbocycles. The molecule has 4 nitrogen and oxygen atoms in total. The molecule has 0 aliphatic heterocycles. The van der Waals surface area contributed by atoms with Gasteiger partial charge < -0.3 is 5.32 Å². The van der Waals surface area contributed by atoms with E-state index in [0.29, 0.717) is 13.0 Å². The van der Waals surface area contributed by atoms with Crippen LogP contribution in [0.5, 0.6) is 0 Å². The van der Waals surface area contributed by atoms with E-state index in [9.17, 15) is 9.59 Å². The zero-order valence-electron chi connectivity index (χ0n) is 17.7. The third-order valence-electron chi connectivity index (χ3n) is 4.79. The summed E-state index contributed by atoms with van der Waals surface area (Å²) in [5, 5.41) is 2.88. The van der Waals surface area contributed by atoms with Gasteiger partial charge in [-0.3, -0.25) is 14.5 Å². The summed E-state index contributed by atoms with van der Waals surface area (Å²) in [6, 6.07) is 17.8. The Hall–Kier alpha value is -2.46. The zero-order chi connectivity index (χ0) is 20.7. The van der Waals surface area contributed by atoms with E-state index in [1.54, 1.807) is 0 Å². The quantitative estimate of drug-likeness (QED) is 0.759. The van der Waals surface area contributed by atoms with Crippen LogP contribution in [0.3, 0.4) is 0 Å². The molecule has 2 aromatic rings. The molecule has 2 rings (SSSR count). The number of amides is 1. The average molecular weight is 381 g/mol. The molecule has 0 heterocycles. The number of hydrogen-bond donors (Lipinski definition) is 1. The number of benzene rings is 2. The number of likely N-dealkylation sites (N-methyl/N-ethyl adjacent to an activating group) is 1. The molecule has 0 bridgehead atoms. The number of ketones is 1. The number of nitrogens with one attached hydrogen (secondary N) is 1. The number of carbonyl (C=O) groups excluding carboxylic acids is 2. The van der Waals surface area contributed by atoms with Gasteiger partial charge in [0.15, 0.2) is 5.78 Å². The summed E-state index contributed by atoms with van der Waals surface area (Å²) < 4.78 is 0. The van der Waals surface area contributed by atoms with Crippen LogP contribution in [0.25, 0.3) is 0 Å².